The summed E-state index contributed by atoms with van der Waals surface area (Å²) in [7, 11) is 1.89. The van der Waals surface area contributed by atoms with Crippen LogP contribution in [0.5, 0.6) is 0 Å². The number of anilines is 1. The topological polar surface area (TPSA) is 53.4 Å². The maximum absolute atomic E-state index is 10.5. The summed E-state index contributed by atoms with van der Waals surface area (Å²) >= 11 is 1.41. The van der Waals surface area contributed by atoms with Crippen LogP contribution < -0.4 is 4.90 Å². The van der Waals surface area contributed by atoms with Gasteiger partial charge in [0, 0.05) is 19.0 Å². The second-order valence-corrected chi connectivity index (χ2v) is 4.32. The number of nitrogens with zero attached hydrogens (tertiary/aromatic N) is 2. The molecule has 16 heavy (non-hydrogen) atoms. The molecule has 2 aromatic rings. The molecule has 1 aromatic heterocycles. The SMILES string of the molecule is CN(CCC(=O)O)c1snc2ccccc12. The highest BCUT2D eigenvalue weighted by Gasteiger charge is 2.10. The Morgan fingerprint density at radius 2 is 2.25 bits per heavy atom. The molecule has 0 bridgehead atoms. The van der Waals surface area contributed by atoms with Crippen molar-refractivity contribution in [1.29, 1.82) is 0 Å². The Bertz CT molecular complexity index is 509. The summed E-state index contributed by atoms with van der Waals surface area (Å²) < 4.78 is 4.32. The van der Waals surface area contributed by atoms with Crippen molar-refractivity contribution < 1.29 is 9.90 Å². The van der Waals surface area contributed by atoms with E-state index in [-0.39, 0.29) is 6.42 Å². The van der Waals surface area contributed by atoms with Crippen molar-refractivity contribution in [2.45, 2.75) is 6.42 Å². The lowest BCUT2D eigenvalue weighted by Crippen LogP contribution is -2.20. The number of carboxylic acid groups (broad SMARTS) is 1. The highest BCUT2D eigenvalue weighted by molar-refractivity contribution is 7.11. The molecule has 0 aliphatic heterocycles. The number of aromatic nitrogens is 1. The number of rotatable bonds is 4. The number of benzene rings is 1. The van der Waals surface area contributed by atoms with Crippen molar-refractivity contribution in [1.82, 2.24) is 4.37 Å². The minimum absolute atomic E-state index is 0.142. The molecule has 0 amide bonds. The summed E-state index contributed by atoms with van der Waals surface area (Å²) in [5.74, 6) is -0.777. The molecule has 0 unspecified atom stereocenters. The molecule has 0 saturated carbocycles. The van der Waals surface area contributed by atoms with E-state index >= 15 is 0 Å². The van der Waals surface area contributed by atoms with Crippen molar-refractivity contribution in [2.75, 3.05) is 18.5 Å². The first-order valence-corrected chi connectivity index (χ1v) is 5.73. The van der Waals surface area contributed by atoms with E-state index in [0.717, 1.165) is 15.9 Å². The first-order chi connectivity index (χ1) is 7.68. The maximum Gasteiger partial charge on any atom is 0.305 e. The van der Waals surface area contributed by atoms with Crippen LogP contribution in [0.3, 0.4) is 0 Å². The van der Waals surface area contributed by atoms with E-state index in [1.54, 1.807) is 0 Å². The van der Waals surface area contributed by atoms with E-state index in [1.165, 1.54) is 11.5 Å². The molecule has 1 aromatic carbocycles. The Morgan fingerprint density at radius 3 is 3.00 bits per heavy atom. The average Bonchev–Trinajstić information content (AvgIpc) is 2.69. The highest BCUT2D eigenvalue weighted by atomic mass is 32.1. The first-order valence-electron chi connectivity index (χ1n) is 4.96. The molecular weight excluding hydrogens is 224 g/mol. The number of hydrogen-bond acceptors (Lipinski definition) is 4. The van der Waals surface area contributed by atoms with E-state index < -0.39 is 5.97 Å². The third-order valence-electron chi connectivity index (χ3n) is 2.37. The third kappa shape index (κ3) is 2.14. The van der Waals surface area contributed by atoms with E-state index in [9.17, 15) is 4.79 Å². The van der Waals surface area contributed by atoms with Gasteiger partial charge in [0.05, 0.1) is 11.9 Å². The number of fused-ring (bicyclic) bond motifs is 1. The van der Waals surface area contributed by atoms with Gasteiger partial charge in [0.1, 0.15) is 5.00 Å². The molecule has 0 aliphatic carbocycles. The van der Waals surface area contributed by atoms with Gasteiger partial charge in [-0.2, -0.15) is 4.37 Å². The van der Waals surface area contributed by atoms with Gasteiger partial charge >= 0.3 is 5.97 Å². The summed E-state index contributed by atoms with van der Waals surface area (Å²) in [4.78, 5) is 12.4. The number of carboxylic acids is 1. The third-order valence-corrected chi connectivity index (χ3v) is 3.37. The van der Waals surface area contributed by atoms with Gasteiger partial charge < -0.3 is 10.0 Å². The van der Waals surface area contributed by atoms with Crippen molar-refractivity contribution in [3.8, 4) is 0 Å². The van der Waals surface area contributed by atoms with E-state index in [0.29, 0.717) is 6.54 Å². The minimum atomic E-state index is -0.777. The monoisotopic (exact) mass is 236 g/mol. The van der Waals surface area contributed by atoms with E-state index in [4.69, 9.17) is 5.11 Å². The normalized spacial score (nSPS) is 10.6. The predicted molar refractivity (Wildman–Crippen MR) is 65.1 cm³/mol. The van der Waals surface area contributed by atoms with Gasteiger partial charge in [-0.05, 0) is 23.7 Å². The second kappa shape index (κ2) is 4.49. The Labute approximate surface area is 97.3 Å². The highest BCUT2D eigenvalue weighted by Crippen LogP contribution is 2.30. The zero-order valence-electron chi connectivity index (χ0n) is 8.88. The standard InChI is InChI=1S/C11H12N2O2S/c1-13(7-6-10(14)15)11-8-4-2-3-5-9(8)12-16-11/h2-5H,6-7H2,1H3,(H,14,15). The summed E-state index contributed by atoms with van der Waals surface area (Å²) in [5, 5.41) is 10.7. The molecule has 0 saturated heterocycles. The summed E-state index contributed by atoms with van der Waals surface area (Å²) in [6.45, 7) is 0.502. The fourth-order valence-corrected chi connectivity index (χ4v) is 2.36. The molecule has 5 heteroatoms. The lowest BCUT2D eigenvalue weighted by atomic mass is 10.2. The van der Waals surface area contributed by atoms with E-state index in [2.05, 4.69) is 4.37 Å². The van der Waals surface area contributed by atoms with Crippen LogP contribution >= 0.6 is 11.5 Å². The molecule has 84 valence electrons. The van der Waals surface area contributed by atoms with Crippen LogP contribution in [0.25, 0.3) is 10.9 Å². The van der Waals surface area contributed by atoms with Gasteiger partial charge in [0.2, 0.25) is 0 Å². The molecule has 0 atom stereocenters. The summed E-state index contributed by atoms with van der Waals surface area (Å²) in [6, 6.07) is 7.88. The number of hydrogen-bond donors (Lipinski definition) is 1. The fourth-order valence-electron chi connectivity index (χ4n) is 1.52. The second-order valence-electron chi connectivity index (χ2n) is 3.57. The quantitative estimate of drug-likeness (QED) is 0.884. The molecular formula is C11H12N2O2S. The van der Waals surface area contributed by atoms with Crippen LogP contribution in [-0.4, -0.2) is 29.0 Å². The molecule has 0 radical (unpaired) electrons. The predicted octanol–water partition coefficient (Wildman–Crippen LogP) is 2.21. The van der Waals surface area contributed by atoms with Crippen LogP contribution in [0.2, 0.25) is 0 Å². The van der Waals surface area contributed by atoms with Crippen LogP contribution in [0.15, 0.2) is 24.3 Å². The van der Waals surface area contributed by atoms with Crippen molar-refractivity contribution >= 4 is 33.4 Å². The molecule has 1 heterocycles. The minimum Gasteiger partial charge on any atom is -0.481 e. The summed E-state index contributed by atoms with van der Waals surface area (Å²) in [5.41, 5.74) is 0.963. The molecule has 0 fully saturated rings. The lowest BCUT2D eigenvalue weighted by molar-refractivity contribution is -0.136. The van der Waals surface area contributed by atoms with Gasteiger partial charge in [-0.25, -0.2) is 0 Å². The van der Waals surface area contributed by atoms with Gasteiger partial charge in [-0.15, -0.1) is 0 Å². The van der Waals surface area contributed by atoms with Gasteiger partial charge in [0.15, 0.2) is 0 Å². The molecule has 2 rings (SSSR count). The smallest absolute Gasteiger partial charge is 0.305 e. The van der Waals surface area contributed by atoms with Crippen LogP contribution in [0.4, 0.5) is 5.00 Å². The largest absolute Gasteiger partial charge is 0.481 e. The van der Waals surface area contributed by atoms with Crippen LogP contribution in [-0.2, 0) is 4.79 Å². The van der Waals surface area contributed by atoms with E-state index in [1.807, 2.05) is 36.2 Å². The molecule has 0 spiro atoms. The lowest BCUT2D eigenvalue weighted by Gasteiger charge is -2.15. The van der Waals surface area contributed by atoms with Crippen molar-refractivity contribution in [2.24, 2.45) is 0 Å². The van der Waals surface area contributed by atoms with Gasteiger partial charge in [0.25, 0.3) is 0 Å². The van der Waals surface area contributed by atoms with Gasteiger partial charge in [-0.3, -0.25) is 4.79 Å². The zero-order valence-corrected chi connectivity index (χ0v) is 9.70. The van der Waals surface area contributed by atoms with Crippen molar-refractivity contribution in [3.63, 3.8) is 0 Å². The van der Waals surface area contributed by atoms with Crippen molar-refractivity contribution in [3.05, 3.63) is 24.3 Å². The zero-order chi connectivity index (χ0) is 11.5. The van der Waals surface area contributed by atoms with Gasteiger partial charge in [-0.1, -0.05) is 12.1 Å². The molecule has 1 N–H and O–H groups in total. The number of carbonyl (C=O) groups is 1. The Morgan fingerprint density at radius 1 is 1.50 bits per heavy atom. The fraction of sp³-hybridized carbons (Fsp3) is 0.273. The maximum atomic E-state index is 10.5. The van der Waals surface area contributed by atoms with Crippen LogP contribution in [0, 0.1) is 0 Å². The number of aliphatic carboxylic acids is 1. The first kappa shape index (κ1) is 10.9. The molecule has 4 nitrogen and oxygen atoms in total. The molecule has 0 aliphatic rings. The van der Waals surface area contributed by atoms with Crippen LogP contribution in [0.1, 0.15) is 6.42 Å². The Kier molecular flexibility index (Phi) is 3.05. The Hall–Kier alpha value is -1.62. The summed E-state index contributed by atoms with van der Waals surface area (Å²) in [6.07, 6.45) is 0.142. The Balaban J connectivity index is 2.22. The average molecular weight is 236 g/mol.